The van der Waals surface area contributed by atoms with Crippen LogP contribution in [-0.4, -0.2) is 16.2 Å². The molecule has 4 nitrogen and oxygen atoms in total. The van der Waals surface area contributed by atoms with E-state index in [9.17, 15) is 4.39 Å². The molecule has 1 aliphatic rings. The number of rotatable bonds is 2. The van der Waals surface area contributed by atoms with Gasteiger partial charge in [0.1, 0.15) is 5.82 Å². The lowest BCUT2D eigenvalue weighted by Gasteiger charge is -2.16. The summed E-state index contributed by atoms with van der Waals surface area (Å²) in [7, 11) is 0. The third kappa shape index (κ3) is 2.58. The van der Waals surface area contributed by atoms with Gasteiger partial charge in [-0.05, 0) is 25.0 Å². The Labute approximate surface area is 117 Å². The minimum absolute atomic E-state index is 0.0476. The number of hydrogen-bond acceptors (Lipinski definition) is 4. The molecule has 2 N–H and O–H groups in total. The van der Waals surface area contributed by atoms with Crippen LogP contribution in [0.3, 0.4) is 0 Å². The zero-order valence-corrected chi connectivity index (χ0v) is 11.3. The summed E-state index contributed by atoms with van der Waals surface area (Å²) in [6.07, 6.45) is 5.39. The molecular formula is C15H18FN3O. The summed E-state index contributed by atoms with van der Waals surface area (Å²) in [5.74, 6) is 0.586. The minimum atomic E-state index is -0.343. The van der Waals surface area contributed by atoms with Crippen molar-refractivity contribution in [3.63, 3.8) is 0 Å². The van der Waals surface area contributed by atoms with Gasteiger partial charge in [-0.2, -0.15) is 4.98 Å². The monoisotopic (exact) mass is 275 g/mol. The normalized spacial score (nSPS) is 23.5. The molecule has 1 saturated carbocycles. The van der Waals surface area contributed by atoms with Crippen molar-refractivity contribution in [3.8, 4) is 11.4 Å². The first-order chi connectivity index (χ1) is 9.75. The number of halogens is 1. The quantitative estimate of drug-likeness (QED) is 0.854. The lowest BCUT2D eigenvalue weighted by atomic mass is 9.95. The van der Waals surface area contributed by atoms with Crippen molar-refractivity contribution in [2.45, 2.75) is 44.1 Å². The van der Waals surface area contributed by atoms with Gasteiger partial charge in [0, 0.05) is 6.04 Å². The molecule has 3 rings (SSSR count). The van der Waals surface area contributed by atoms with Gasteiger partial charge in [0.2, 0.25) is 11.7 Å². The molecule has 1 aromatic carbocycles. The summed E-state index contributed by atoms with van der Waals surface area (Å²) in [5, 5.41) is 3.91. The molecule has 2 aromatic rings. The van der Waals surface area contributed by atoms with Crippen LogP contribution in [-0.2, 0) is 0 Å². The molecule has 0 saturated heterocycles. The van der Waals surface area contributed by atoms with Crippen molar-refractivity contribution in [1.29, 1.82) is 0 Å². The molecule has 1 aliphatic carbocycles. The maximum atomic E-state index is 13.7. The van der Waals surface area contributed by atoms with E-state index in [4.69, 9.17) is 10.3 Å². The Balaban J connectivity index is 1.88. The fraction of sp³-hybridized carbons (Fsp3) is 0.467. The van der Waals surface area contributed by atoms with Gasteiger partial charge in [0.15, 0.2) is 0 Å². The first-order valence-electron chi connectivity index (χ1n) is 7.10. The van der Waals surface area contributed by atoms with Crippen LogP contribution in [0, 0.1) is 5.82 Å². The van der Waals surface area contributed by atoms with E-state index in [0.29, 0.717) is 17.3 Å². The molecule has 1 heterocycles. The number of nitrogens with zero attached hydrogens (tertiary/aromatic N) is 2. The lowest BCUT2D eigenvalue weighted by Crippen LogP contribution is -2.27. The second-order valence-electron chi connectivity index (χ2n) is 5.34. The van der Waals surface area contributed by atoms with Gasteiger partial charge < -0.3 is 10.3 Å². The van der Waals surface area contributed by atoms with E-state index in [2.05, 4.69) is 10.1 Å². The van der Waals surface area contributed by atoms with Gasteiger partial charge >= 0.3 is 0 Å². The van der Waals surface area contributed by atoms with Crippen molar-refractivity contribution in [3.05, 3.63) is 36.0 Å². The van der Waals surface area contributed by atoms with Crippen LogP contribution in [0.2, 0.25) is 0 Å². The molecule has 0 radical (unpaired) electrons. The summed E-state index contributed by atoms with van der Waals surface area (Å²) in [6, 6.07) is 6.48. The maximum Gasteiger partial charge on any atom is 0.231 e. The van der Waals surface area contributed by atoms with Crippen molar-refractivity contribution < 1.29 is 8.91 Å². The molecule has 0 bridgehead atoms. The van der Waals surface area contributed by atoms with Crippen molar-refractivity contribution >= 4 is 0 Å². The number of benzene rings is 1. The topological polar surface area (TPSA) is 64.9 Å². The first-order valence-corrected chi connectivity index (χ1v) is 7.10. The molecule has 20 heavy (non-hydrogen) atoms. The summed E-state index contributed by atoms with van der Waals surface area (Å²) in [5.41, 5.74) is 6.55. The lowest BCUT2D eigenvalue weighted by molar-refractivity contribution is 0.326. The molecule has 106 valence electrons. The second kappa shape index (κ2) is 5.71. The molecule has 0 aliphatic heterocycles. The van der Waals surface area contributed by atoms with E-state index in [0.717, 1.165) is 25.7 Å². The molecule has 2 atom stereocenters. The van der Waals surface area contributed by atoms with Crippen LogP contribution in [0.15, 0.2) is 28.8 Å². The van der Waals surface area contributed by atoms with Gasteiger partial charge in [0.05, 0.1) is 11.5 Å². The SMILES string of the molecule is NC1CCCCCC1c1nc(-c2ccccc2F)no1. The number of hydrogen-bond donors (Lipinski definition) is 1. The summed E-state index contributed by atoms with van der Waals surface area (Å²) < 4.78 is 19.1. The van der Waals surface area contributed by atoms with E-state index in [1.807, 2.05) is 0 Å². The summed E-state index contributed by atoms with van der Waals surface area (Å²) >= 11 is 0. The van der Waals surface area contributed by atoms with E-state index in [-0.39, 0.29) is 17.8 Å². The van der Waals surface area contributed by atoms with Gasteiger partial charge in [-0.3, -0.25) is 0 Å². The highest BCUT2D eigenvalue weighted by Crippen LogP contribution is 2.31. The van der Waals surface area contributed by atoms with Crippen LogP contribution >= 0.6 is 0 Å². The minimum Gasteiger partial charge on any atom is -0.339 e. The van der Waals surface area contributed by atoms with Gasteiger partial charge in [-0.1, -0.05) is 36.6 Å². The van der Waals surface area contributed by atoms with Gasteiger partial charge in [-0.25, -0.2) is 4.39 Å². The van der Waals surface area contributed by atoms with Crippen LogP contribution in [0.5, 0.6) is 0 Å². The van der Waals surface area contributed by atoms with Crippen LogP contribution in [0.4, 0.5) is 4.39 Å². The van der Waals surface area contributed by atoms with Gasteiger partial charge in [0.25, 0.3) is 0 Å². The smallest absolute Gasteiger partial charge is 0.231 e. The van der Waals surface area contributed by atoms with Crippen LogP contribution in [0.25, 0.3) is 11.4 Å². The van der Waals surface area contributed by atoms with Crippen molar-refractivity contribution in [2.24, 2.45) is 5.73 Å². The average molecular weight is 275 g/mol. The summed E-state index contributed by atoms with van der Waals surface area (Å²) in [4.78, 5) is 4.36. The third-order valence-corrected chi connectivity index (χ3v) is 3.94. The van der Waals surface area contributed by atoms with E-state index in [1.54, 1.807) is 18.2 Å². The number of aromatic nitrogens is 2. The molecule has 5 heteroatoms. The predicted molar refractivity (Wildman–Crippen MR) is 73.5 cm³/mol. The Morgan fingerprint density at radius 2 is 1.95 bits per heavy atom. The van der Waals surface area contributed by atoms with E-state index in [1.165, 1.54) is 12.5 Å². The molecule has 1 fully saturated rings. The molecule has 0 amide bonds. The zero-order chi connectivity index (χ0) is 13.9. The highest BCUT2D eigenvalue weighted by atomic mass is 19.1. The Kier molecular flexibility index (Phi) is 3.78. The Morgan fingerprint density at radius 1 is 1.15 bits per heavy atom. The zero-order valence-electron chi connectivity index (χ0n) is 11.3. The first kappa shape index (κ1) is 13.2. The Hall–Kier alpha value is -1.75. The van der Waals surface area contributed by atoms with Crippen LogP contribution < -0.4 is 5.73 Å². The average Bonchev–Trinajstić information content (AvgIpc) is 2.82. The van der Waals surface area contributed by atoms with E-state index >= 15 is 0 Å². The Bertz CT molecular complexity index is 584. The largest absolute Gasteiger partial charge is 0.339 e. The number of nitrogens with two attached hydrogens (primary N) is 1. The fourth-order valence-electron chi connectivity index (χ4n) is 2.78. The predicted octanol–water partition coefficient (Wildman–Crippen LogP) is 3.25. The molecule has 0 spiro atoms. The van der Waals surface area contributed by atoms with Crippen LogP contribution in [0.1, 0.15) is 43.9 Å². The molecular weight excluding hydrogens is 257 g/mol. The molecule has 2 unspecified atom stereocenters. The highest BCUT2D eigenvalue weighted by molar-refractivity contribution is 5.54. The summed E-state index contributed by atoms with van der Waals surface area (Å²) in [6.45, 7) is 0. The third-order valence-electron chi connectivity index (χ3n) is 3.94. The van der Waals surface area contributed by atoms with Crippen molar-refractivity contribution in [2.75, 3.05) is 0 Å². The van der Waals surface area contributed by atoms with Gasteiger partial charge in [-0.15, -0.1) is 0 Å². The Morgan fingerprint density at radius 3 is 2.80 bits per heavy atom. The fourth-order valence-corrected chi connectivity index (χ4v) is 2.78. The molecule has 1 aromatic heterocycles. The van der Waals surface area contributed by atoms with E-state index < -0.39 is 0 Å². The second-order valence-corrected chi connectivity index (χ2v) is 5.34. The van der Waals surface area contributed by atoms with Crippen molar-refractivity contribution in [1.82, 2.24) is 10.1 Å². The maximum absolute atomic E-state index is 13.7. The highest BCUT2D eigenvalue weighted by Gasteiger charge is 2.27. The standard InChI is InChI=1S/C15H18FN3O/c16-12-8-5-4-6-10(12)14-18-15(20-19-14)11-7-2-1-3-9-13(11)17/h4-6,8,11,13H,1-3,7,9,17H2.